The van der Waals surface area contributed by atoms with Crippen molar-refractivity contribution in [1.29, 1.82) is 0 Å². The van der Waals surface area contributed by atoms with Crippen LogP contribution in [0, 0.1) is 12.8 Å². The fraction of sp³-hybridized carbons (Fsp3) is 0.500. The van der Waals surface area contributed by atoms with E-state index < -0.39 is 0 Å². The summed E-state index contributed by atoms with van der Waals surface area (Å²) in [5.74, 6) is 0.553. The van der Waals surface area contributed by atoms with Crippen molar-refractivity contribution < 1.29 is 0 Å². The number of allylic oxidation sites excluding steroid dienone is 1. The maximum Gasteiger partial charge on any atom is 0.0345 e. The highest BCUT2D eigenvalue weighted by Gasteiger charge is 2.15. The van der Waals surface area contributed by atoms with Crippen molar-refractivity contribution in [3.63, 3.8) is 0 Å². The molecule has 1 N–H and O–H groups in total. The van der Waals surface area contributed by atoms with Crippen LogP contribution in [0.4, 0.5) is 0 Å². The van der Waals surface area contributed by atoms with Crippen molar-refractivity contribution in [3.8, 4) is 0 Å². The van der Waals surface area contributed by atoms with Gasteiger partial charge in [-0.2, -0.15) is 0 Å². The van der Waals surface area contributed by atoms with Crippen LogP contribution in [0.5, 0.6) is 0 Å². The summed E-state index contributed by atoms with van der Waals surface area (Å²) in [6.45, 7) is 17.6. The van der Waals surface area contributed by atoms with Gasteiger partial charge in [-0.05, 0) is 60.9 Å². The van der Waals surface area contributed by atoms with E-state index in [9.17, 15) is 0 Å². The van der Waals surface area contributed by atoms with Crippen LogP contribution >= 0.6 is 0 Å². The van der Waals surface area contributed by atoms with E-state index in [0.29, 0.717) is 12.0 Å². The number of rotatable bonds is 9. The van der Waals surface area contributed by atoms with E-state index in [0.717, 1.165) is 37.8 Å². The third kappa shape index (κ3) is 4.87. The zero-order valence-corrected chi connectivity index (χ0v) is 16.6. The lowest BCUT2D eigenvalue weighted by atomic mass is 9.90. The predicted molar refractivity (Wildman–Crippen MR) is 113 cm³/mol. The standard InChI is InChI=1S/C24H35N/c1-7-11-17(3)18(4)16-22(8-2)25-20(6)23-15-14-21-12-9-10-13-24(21)19(23)5/h12-15,18,22,25H,3,6-11,16H2,1-2,4-5H3. The van der Waals surface area contributed by atoms with Crippen molar-refractivity contribution in [2.75, 3.05) is 0 Å². The van der Waals surface area contributed by atoms with E-state index in [1.807, 2.05) is 0 Å². The zero-order chi connectivity index (χ0) is 18.4. The van der Waals surface area contributed by atoms with E-state index >= 15 is 0 Å². The molecule has 25 heavy (non-hydrogen) atoms. The molecule has 0 saturated carbocycles. The Balaban J connectivity index is 2.12. The SMILES string of the molecule is C=C(NC(CC)CC(C)C(=C)CCC)c1ccc2c(c1C)=CCCC=2. The normalized spacial score (nSPS) is 15.4. The molecule has 1 aromatic rings. The van der Waals surface area contributed by atoms with Gasteiger partial charge in [-0.3, -0.25) is 0 Å². The van der Waals surface area contributed by atoms with E-state index in [4.69, 9.17) is 0 Å². The van der Waals surface area contributed by atoms with Gasteiger partial charge in [-0.25, -0.2) is 0 Å². The summed E-state index contributed by atoms with van der Waals surface area (Å²) in [6.07, 6.45) is 11.6. The minimum Gasteiger partial charge on any atom is -0.382 e. The summed E-state index contributed by atoms with van der Waals surface area (Å²) >= 11 is 0. The van der Waals surface area contributed by atoms with Crippen LogP contribution in [0.25, 0.3) is 17.8 Å². The van der Waals surface area contributed by atoms with E-state index in [2.05, 4.69) is 70.5 Å². The smallest absolute Gasteiger partial charge is 0.0345 e. The number of fused-ring (bicyclic) bond motifs is 1. The van der Waals surface area contributed by atoms with Gasteiger partial charge in [-0.15, -0.1) is 0 Å². The molecule has 0 radical (unpaired) electrons. The van der Waals surface area contributed by atoms with E-state index in [-0.39, 0.29) is 0 Å². The fourth-order valence-corrected chi connectivity index (χ4v) is 3.80. The molecule has 0 fully saturated rings. The van der Waals surface area contributed by atoms with Crippen LogP contribution in [0.3, 0.4) is 0 Å². The lowest BCUT2D eigenvalue weighted by molar-refractivity contribution is 0.456. The Labute approximate surface area is 154 Å². The molecule has 1 aliphatic rings. The van der Waals surface area contributed by atoms with Gasteiger partial charge in [0.05, 0.1) is 0 Å². The second-order valence-electron chi connectivity index (χ2n) is 7.50. The molecule has 1 aliphatic carbocycles. The second-order valence-corrected chi connectivity index (χ2v) is 7.50. The summed E-state index contributed by atoms with van der Waals surface area (Å²) in [4.78, 5) is 0. The van der Waals surface area contributed by atoms with Crippen molar-refractivity contribution in [1.82, 2.24) is 5.32 Å². The van der Waals surface area contributed by atoms with Gasteiger partial charge in [0.2, 0.25) is 0 Å². The van der Waals surface area contributed by atoms with Crippen molar-refractivity contribution >= 4 is 17.8 Å². The molecule has 0 spiro atoms. The first-order valence-electron chi connectivity index (χ1n) is 9.91. The lowest BCUT2D eigenvalue weighted by Gasteiger charge is -2.25. The van der Waals surface area contributed by atoms with Crippen LogP contribution in [0.2, 0.25) is 0 Å². The Morgan fingerprint density at radius 3 is 2.56 bits per heavy atom. The van der Waals surface area contributed by atoms with E-state index in [1.54, 1.807) is 0 Å². The molecule has 2 unspecified atom stereocenters. The average Bonchev–Trinajstić information content (AvgIpc) is 2.61. The molecule has 0 bridgehead atoms. The highest BCUT2D eigenvalue weighted by molar-refractivity contribution is 5.66. The molecule has 1 heteroatoms. The molecule has 2 atom stereocenters. The third-order valence-electron chi connectivity index (χ3n) is 5.53. The number of hydrogen-bond donors (Lipinski definition) is 1. The van der Waals surface area contributed by atoms with Crippen LogP contribution < -0.4 is 15.8 Å². The Kier molecular flexibility index (Phi) is 7.11. The van der Waals surface area contributed by atoms with Gasteiger partial charge in [0.1, 0.15) is 0 Å². The number of benzene rings is 1. The van der Waals surface area contributed by atoms with E-state index in [1.165, 1.54) is 33.6 Å². The van der Waals surface area contributed by atoms with Gasteiger partial charge >= 0.3 is 0 Å². The second kappa shape index (κ2) is 9.08. The summed E-state index contributed by atoms with van der Waals surface area (Å²) in [5, 5.41) is 6.46. The topological polar surface area (TPSA) is 12.0 Å². The average molecular weight is 338 g/mol. The maximum atomic E-state index is 4.35. The first-order valence-corrected chi connectivity index (χ1v) is 9.91. The van der Waals surface area contributed by atoms with Gasteiger partial charge < -0.3 is 5.32 Å². The molecule has 1 aromatic carbocycles. The maximum absolute atomic E-state index is 4.35. The quantitative estimate of drug-likeness (QED) is 0.620. The van der Waals surface area contributed by atoms with Crippen molar-refractivity contribution in [3.05, 3.63) is 52.4 Å². The Hall–Kier alpha value is -1.76. The molecule has 0 saturated heterocycles. The first-order chi connectivity index (χ1) is 12.0. The summed E-state index contributed by atoms with van der Waals surface area (Å²) in [7, 11) is 0. The first kappa shape index (κ1) is 19.6. The van der Waals surface area contributed by atoms with Gasteiger partial charge in [0, 0.05) is 17.3 Å². The molecule has 1 nitrogen and oxygen atoms in total. The summed E-state index contributed by atoms with van der Waals surface area (Å²) in [5.41, 5.74) is 5.04. The number of hydrogen-bond acceptors (Lipinski definition) is 1. The molecule has 136 valence electrons. The summed E-state index contributed by atoms with van der Waals surface area (Å²) in [6, 6.07) is 4.92. The Morgan fingerprint density at radius 1 is 1.16 bits per heavy atom. The minimum absolute atomic E-state index is 0.446. The van der Waals surface area contributed by atoms with Crippen LogP contribution in [0.1, 0.15) is 70.4 Å². The fourth-order valence-electron chi connectivity index (χ4n) is 3.80. The molecular formula is C24H35N. The molecule has 0 heterocycles. The van der Waals surface area contributed by atoms with Crippen LogP contribution in [0.15, 0.2) is 30.9 Å². The van der Waals surface area contributed by atoms with Crippen LogP contribution in [-0.2, 0) is 0 Å². The molecule has 0 aromatic heterocycles. The Morgan fingerprint density at radius 2 is 1.88 bits per heavy atom. The van der Waals surface area contributed by atoms with Gasteiger partial charge in [-0.1, -0.05) is 70.2 Å². The lowest BCUT2D eigenvalue weighted by Crippen LogP contribution is -2.33. The molecule has 0 amide bonds. The molecular weight excluding hydrogens is 302 g/mol. The third-order valence-corrected chi connectivity index (χ3v) is 5.53. The molecule has 0 aliphatic heterocycles. The molecule has 2 rings (SSSR count). The predicted octanol–water partition coefficient (Wildman–Crippen LogP) is 5.07. The Bertz CT molecular complexity index is 738. The summed E-state index contributed by atoms with van der Waals surface area (Å²) < 4.78 is 0. The largest absolute Gasteiger partial charge is 0.382 e. The van der Waals surface area contributed by atoms with Crippen LogP contribution in [-0.4, -0.2) is 6.04 Å². The monoisotopic (exact) mass is 337 g/mol. The minimum atomic E-state index is 0.446. The van der Waals surface area contributed by atoms with Gasteiger partial charge in [0.15, 0.2) is 0 Å². The number of nitrogens with one attached hydrogen (secondary N) is 1. The van der Waals surface area contributed by atoms with Crippen molar-refractivity contribution in [2.45, 2.75) is 72.3 Å². The van der Waals surface area contributed by atoms with Gasteiger partial charge in [0.25, 0.3) is 0 Å². The van der Waals surface area contributed by atoms with Crippen molar-refractivity contribution in [2.24, 2.45) is 5.92 Å². The zero-order valence-electron chi connectivity index (χ0n) is 16.6. The highest BCUT2D eigenvalue weighted by Crippen LogP contribution is 2.22. The highest BCUT2D eigenvalue weighted by atomic mass is 14.9.